The number of nitrogens with zero attached hydrogens (tertiary/aromatic N) is 1. The molecule has 0 unspecified atom stereocenters. The van der Waals surface area contributed by atoms with Gasteiger partial charge >= 0.3 is 0 Å². The lowest BCUT2D eigenvalue weighted by Gasteiger charge is -2.40. The number of fused-ring (bicyclic) bond motifs is 1. The standard InChI is InChI=1S/C33H49NO3Si/c1-21(2)30-29(31(36)23-15-13-22(20-35)14-16-23)28(24-17-18-33(6,7)19-26(24)34-30)25-11-10-12-27(25)37-38(8,9)32(3,4)5/h12-16,21,25,31,35-36H,10-11,17-20H2,1-9H3/t25-,31+/m1/s1. The lowest BCUT2D eigenvalue weighted by Crippen LogP contribution is -2.41. The van der Waals surface area contributed by atoms with Gasteiger partial charge in [0.05, 0.1) is 12.4 Å². The zero-order valence-electron chi connectivity index (χ0n) is 25.1. The molecule has 2 aromatic rings. The summed E-state index contributed by atoms with van der Waals surface area (Å²) in [4.78, 5) is 5.31. The van der Waals surface area contributed by atoms with E-state index in [1.54, 1.807) is 0 Å². The first kappa shape index (κ1) is 29.0. The Balaban J connectivity index is 1.92. The highest BCUT2D eigenvalue weighted by atomic mass is 28.4. The van der Waals surface area contributed by atoms with Crippen molar-refractivity contribution in [3.05, 3.63) is 75.3 Å². The summed E-state index contributed by atoms with van der Waals surface area (Å²) in [6, 6.07) is 7.71. The van der Waals surface area contributed by atoms with Crippen LogP contribution in [0.5, 0.6) is 0 Å². The molecule has 2 atom stereocenters. The van der Waals surface area contributed by atoms with Gasteiger partial charge in [-0.05, 0) is 89.9 Å². The van der Waals surface area contributed by atoms with Crippen LogP contribution in [0.3, 0.4) is 0 Å². The Kier molecular flexibility index (Phi) is 8.06. The van der Waals surface area contributed by atoms with Crippen molar-refractivity contribution in [3.8, 4) is 0 Å². The molecule has 0 aliphatic heterocycles. The van der Waals surface area contributed by atoms with E-state index in [9.17, 15) is 10.2 Å². The second-order valence-electron chi connectivity index (χ2n) is 14.1. The van der Waals surface area contributed by atoms with Crippen molar-refractivity contribution in [2.45, 2.75) is 123 Å². The van der Waals surface area contributed by atoms with Gasteiger partial charge in [0.2, 0.25) is 8.32 Å². The topological polar surface area (TPSA) is 62.6 Å². The maximum Gasteiger partial charge on any atom is 0.250 e. The van der Waals surface area contributed by atoms with Gasteiger partial charge in [-0.2, -0.15) is 0 Å². The molecular formula is C33H49NO3Si. The predicted molar refractivity (Wildman–Crippen MR) is 159 cm³/mol. The zero-order chi connectivity index (χ0) is 28.0. The molecule has 2 N–H and O–H groups in total. The molecule has 1 heterocycles. The first-order valence-electron chi connectivity index (χ1n) is 14.5. The van der Waals surface area contributed by atoms with E-state index in [1.165, 1.54) is 16.8 Å². The smallest absolute Gasteiger partial charge is 0.250 e. The molecule has 2 aliphatic rings. The van der Waals surface area contributed by atoms with Crippen LogP contribution in [0.4, 0.5) is 0 Å². The minimum Gasteiger partial charge on any atom is -0.546 e. The van der Waals surface area contributed by atoms with E-state index in [1.807, 2.05) is 24.3 Å². The van der Waals surface area contributed by atoms with Crippen LogP contribution < -0.4 is 0 Å². The van der Waals surface area contributed by atoms with Gasteiger partial charge < -0.3 is 14.6 Å². The Labute approximate surface area is 231 Å². The molecule has 1 aromatic carbocycles. The average Bonchev–Trinajstić information content (AvgIpc) is 3.28. The molecule has 0 bridgehead atoms. The van der Waals surface area contributed by atoms with Crippen LogP contribution in [-0.2, 0) is 23.9 Å². The summed E-state index contributed by atoms with van der Waals surface area (Å²) in [6.07, 6.45) is 6.59. The summed E-state index contributed by atoms with van der Waals surface area (Å²) in [5, 5.41) is 21.7. The number of aliphatic hydroxyl groups is 2. The maximum absolute atomic E-state index is 12.0. The molecule has 0 saturated carbocycles. The quantitative estimate of drug-likeness (QED) is 0.352. The van der Waals surface area contributed by atoms with Crippen molar-refractivity contribution in [2.24, 2.45) is 5.41 Å². The largest absolute Gasteiger partial charge is 0.546 e. The van der Waals surface area contributed by atoms with E-state index in [0.717, 1.165) is 60.2 Å². The molecule has 0 fully saturated rings. The van der Waals surface area contributed by atoms with E-state index in [0.29, 0.717) is 0 Å². The summed E-state index contributed by atoms with van der Waals surface area (Å²) in [5.74, 6) is 1.43. The van der Waals surface area contributed by atoms with E-state index in [-0.39, 0.29) is 28.9 Å². The van der Waals surface area contributed by atoms with Gasteiger partial charge in [0, 0.05) is 22.9 Å². The van der Waals surface area contributed by atoms with Gasteiger partial charge in [0.15, 0.2) is 0 Å². The Bertz CT molecular complexity index is 1190. The Hall–Kier alpha value is -1.95. The van der Waals surface area contributed by atoms with Crippen LogP contribution >= 0.6 is 0 Å². The normalized spacial score (nSPS) is 20.3. The highest BCUT2D eigenvalue weighted by molar-refractivity contribution is 6.74. The number of aromatic nitrogens is 1. The first-order valence-corrected chi connectivity index (χ1v) is 17.4. The lowest BCUT2D eigenvalue weighted by molar-refractivity contribution is 0.214. The lowest BCUT2D eigenvalue weighted by atomic mass is 9.71. The number of allylic oxidation sites excluding steroid dienone is 2. The van der Waals surface area contributed by atoms with Gasteiger partial charge in [-0.15, -0.1) is 0 Å². The van der Waals surface area contributed by atoms with Gasteiger partial charge in [-0.1, -0.05) is 72.7 Å². The van der Waals surface area contributed by atoms with Crippen LogP contribution in [0, 0.1) is 5.41 Å². The minimum atomic E-state index is -2.03. The third kappa shape index (κ3) is 5.66. The summed E-state index contributed by atoms with van der Waals surface area (Å²) < 4.78 is 7.00. The van der Waals surface area contributed by atoms with Crippen LogP contribution in [0.15, 0.2) is 36.1 Å². The molecule has 208 valence electrons. The van der Waals surface area contributed by atoms with Crippen LogP contribution in [-0.4, -0.2) is 23.5 Å². The van der Waals surface area contributed by atoms with E-state index in [4.69, 9.17) is 9.41 Å². The van der Waals surface area contributed by atoms with Gasteiger partial charge in [-0.25, -0.2) is 0 Å². The Morgan fingerprint density at radius 1 is 1.13 bits per heavy atom. The second-order valence-corrected chi connectivity index (χ2v) is 18.9. The zero-order valence-corrected chi connectivity index (χ0v) is 26.1. The van der Waals surface area contributed by atoms with E-state index in [2.05, 4.69) is 67.6 Å². The van der Waals surface area contributed by atoms with Crippen molar-refractivity contribution in [3.63, 3.8) is 0 Å². The van der Waals surface area contributed by atoms with Gasteiger partial charge in [0.1, 0.15) is 6.10 Å². The van der Waals surface area contributed by atoms with E-state index >= 15 is 0 Å². The summed E-state index contributed by atoms with van der Waals surface area (Å²) in [7, 11) is -2.03. The predicted octanol–water partition coefficient (Wildman–Crippen LogP) is 8.08. The molecule has 38 heavy (non-hydrogen) atoms. The third-order valence-corrected chi connectivity index (χ3v) is 13.5. The fraction of sp³-hybridized carbons (Fsp3) is 0.606. The SMILES string of the molecule is CC(C)c1nc2c(c([C@@H]3CCC=C3O[Si](C)(C)C(C)(C)C)c1[C@@H](O)c1ccc(CO)cc1)CCC(C)(C)C2. The molecule has 0 radical (unpaired) electrons. The highest BCUT2D eigenvalue weighted by Gasteiger charge is 2.43. The van der Waals surface area contributed by atoms with Gasteiger partial charge in [-0.3, -0.25) is 4.98 Å². The number of rotatable bonds is 7. The van der Waals surface area contributed by atoms with E-state index < -0.39 is 14.4 Å². The fourth-order valence-corrected chi connectivity index (χ4v) is 6.90. The first-order chi connectivity index (χ1) is 17.6. The highest BCUT2D eigenvalue weighted by Crippen LogP contribution is 2.49. The molecule has 4 nitrogen and oxygen atoms in total. The number of pyridine rings is 1. The Morgan fingerprint density at radius 3 is 2.37 bits per heavy atom. The molecule has 1 aromatic heterocycles. The average molecular weight is 536 g/mol. The number of hydrogen-bond donors (Lipinski definition) is 2. The molecule has 0 spiro atoms. The summed E-state index contributed by atoms with van der Waals surface area (Å²) >= 11 is 0. The molecule has 0 amide bonds. The Morgan fingerprint density at radius 2 is 1.79 bits per heavy atom. The molecule has 5 heteroatoms. The molecule has 4 rings (SSSR count). The van der Waals surface area contributed by atoms with Crippen molar-refractivity contribution >= 4 is 8.32 Å². The van der Waals surface area contributed by atoms with Crippen molar-refractivity contribution in [2.75, 3.05) is 0 Å². The monoisotopic (exact) mass is 535 g/mol. The summed E-state index contributed by atoms with van der Waals surface area (Å²) in [6.45, 7) is 20.6. The molecule has 2 aliphatic carbocycles. The third-order valence-electron chi connectivity index (χ3n) is 9.16. The molecular weight excluding hydrogens is 486 g/mol. The van der Waals surface area contributed by atoms with Crippen LogP contribution in [0.2, 0.25) is 18.1 Å². The van der Waals surface area contributed by atoms with Crippen LogP contribution in [0.1, 0.15) is 125 Å². The van der Waals surface area contributed by atoms with Crippen LogP contribution in [0.25, 0.3) is 0 Å². The van der Waals surface area contributed by atoms with Crippen molar-refractivity contribution in [1.29, 1.82) is 0 Å². The van der Waals surface area contributed by atoms with Crippen molar-refractivity contribution in [1.82, 2.24) is 4.98 Å². The number of benzene rings is 1. The minimum absolute atomic E-state index is 0.00389. The fourth-order valence-electron chi connectivity index (χ4n) is 5.78. The number of aliphatic hydroxyl groups excluding tert-OH is 2. The maximum atomic E-state index is 12.0. The van der Waals surface area contributed by atoms with Gasteiger partial charge in [0.25, 0.3) is 0 Å². The van der Waals surface area contributed by atoms with Crippen molar-refractivity contribution < 1.29 is 14.6 Å². The second kappa shape index (κ2) is 10.6. The number of hydrogen-bond acceptors (Lipinski definition) is 4. The summed E-state index contributed by atoms with van der Waals surface area (Å²) in [5.41, 5.74) is 7.72. The molecule has 0 saturated heterocycles.